The summed E-state index contributed by atoms with van der Waals surface area (Å²) in [6, 6.07) is 5.59. The van der Waals surface area contributed by atoms with Gasteiger partial charge in [0, 0.05) is 12.1 Å². The highest BCUT2D eigenvalue weighted by Crippen LogP contribution is 2.21. The minimum atomic E-state index is 0.0977. The van der Waals surface area contributed by atoms with Crippen LogP contribution in [0.1, 0.15) is 29.3 Å². The number of carbonyl (C=O) groups is 1. The number of methoxy groups -OCH3 is 1. The van der Waals surface area contributed by atoms with E-state index in [1.807, 2.05) is 18.2 Å². The van der Waals surface area contributed by atoms with Crippen LogP contribution in [0.3, 0.4) is 0 Å². The number of aliphatic imine (C=N–C) groups is 1. The van der Waals surface area contributed by atoms with Crippen molar-refractivity contribution >= 4 is 11.6 Å². The van der Waals surface area contributed by atoms with Gasteiger partial charge in [0.05, 0.1) is 20.1 Å². The SMILES string of the molecule is CCc1cc(C(=O)CC2=NCCN2)ccc1OC. The van der Waals surface area contributed by atoms with Crippen molar-refractivity contribution in [3.05, 3.63) is 29.3 Å². The van der Waals surface area contributed by atoms with Crippen LogP contribution in [0.2, 0.25) is 0 Å². The van der Waals surface area contributed by atoms with E-state index < -0.39 is 0 Å². The number of carbonyl (C=O) groups excluding carboxylic acids is 1. The Morgan fingerprint density at radius 3 is 2.94 bits per heavy atom. The fourth-order valence-corrected chi connectivity index (χ4v) is 2.05. The summed E-state index contributed by atoms with van der Waals surface area (Å²) >= 11 is 0. The highest BCUT2D eigenvalue weighted by Gasteiger charge is 2.14. The van der Waals surface area contributed by atoms with Gasteiger partial charge in [-0.2, -0.15) is 0 Å². The molecule has 1 aliphatic rings. The summed E-state index contributed by atoms with van der Waals surface area (Å²) in [5.41, 5.74) is 1.79. The second-order valence-electron chi connectivity index (χ2n) is 4.24. The number of Topliss-reactive ketones (excluding diaryl/α,β-unsaturated/α-hetero) is 1. The van der Waals surface area contributed by atoms with E-state index in [1.54, 1.807) is 7.11 Å². The zero-order chi connectivity index (χ0) is 13.0. The van der Waals surface area contributed by atoms with Crippen molar-refractivity contribution in [3.63, 3.8) is 0 Å². The van der Waals surface area contributed by atoms with E-state index in [9.17, 15) is 4.79 Å². The Balaban J connectivity index is 2.14. The number of nitrogens with zero attached hydrogens (tertiary/aromatic N) is 1. The predicted molar refractivity (Wildman–Crippen MR) is 71.6 cm³/mol. The molecule has 0 radical (unpaired) electrons. The number of amidine groups is 1. The molecule has 1 N–H and O–H groups in total. The van der Waals surface area contributed by atoms with Gasteiger partial charge in [-0.3, -0.25) is 9.79 Å². The molecule has 96 valence electrons. The van der Waals surface area contributed by atoms with Gasteiger partial charge in [-0.1, -0.05) is 6.92 Å². The third kappa shape index (κ3) is 2.70. The monoisotopic (exact) mass is 246 g/mol. The maximum absolute atomic E-state index is 12.1. The minimum absolute atomic E-state index is 0.0977. The van der Waals surface area contributed by atoms with E-state index in [0.717, 1.165) is 42.2 Å². The number of rotatable bonds is 5. The molecule has 1 aliphatic heterocycles. The molecular formula is C14H18N2O2. The van der Waals surface area contributed by atoms with Gasteiger partial charge < -0.3 is 10.1 Å². The predicted octanol–water partition coefficient (Wildman–Crippen LogP) is 1.83. The minimum Gasteiger partial charge on any atom is -0.496 e. The highest BCUT2D eigenvalue weighted by molar-refractivity contribution is 6.09. The van der Waals surface area contributed by atoms with Crippen LogP contribution in [0.15, 0.2) is 23.2 Å². The Bertz CT molecular complexity index is 481. The van der Waals surface area contributed by atoms with E-state index in [2.05, 4.69) is 17.2 Å². The third-order valence-electron chi connectivity index (χ3n) is 3.05. The van der Waals surface area contributed by atoms with Crippen molar-refractivity contribution in [1.82, 2.24) is 5.32 Å². The summed E-state index contributed by atoms with van der Waals surface area (Å²) in [6.45, 7) is 3.66. The number of hydrogen-bond donors (Lipinski definition) is 1. The van der Waals surface area contributed by atoms with Gasteiger partial charge >= 0.3 is 0 Å². The van der Waals surface area contributed by atoms with Gasteiger partial charge in [-0.25, -0.2) is 0 Å². The zero-order valence-corrected chi connectivity index (χ0v) is 10.8. The molecule has 18 heavy (non-hydrogen) atoms. The number of hydrogen-bond acceptors (Lipinski definition) is 4. The van der Waals surface area contributed by atoms with Gasteiger partial charge in [0.2, 0.25) is 0 Å². The molecule has 0 saturated carbocycles. The molecule has 4 heteroatoms. The van der Waals surface area contributed by atoms with Crippen molar-refractivity contribution in [2.45, 2.75) is 19.8 Å². The maximum atomic E-state index is 12.1. The molecule has 0 atom stereocenters. The van der Waals surface area contributed by atoms with Crippen LogP contribution in [0.4, 0.5) is 0 Å². The van der Waals surface area contributed by atoms with Crippen LogP contribution in [0, 0.1) is 0 Å². The first-order valence-electron chi connectivity index (χ1n) is 6.22. The second-order valence-corrected chi connectivity index (χ2v) is 4.24. The van der Waals surface area contributed by atoms with E-state index in [4.69, 9.17) is 4.74 Å². The largest absolute Gasteiger partial charge is 0.496 e. The summed E-state index contributed by atoms with van der Waals surface area (Å²) in [5.74, 6) is 1.74. The molecule has 1 aromatic rings. The number of ether oxygens (including phenoxy) is 1. The van der Waals surface area contributed by atoms with Crippen LogP contribution in [0.5, 0.6) is 5.75 Å². The Morgan fingerprint density at radius 1 is 1.50 bits per heavy atom. The lowest BCUT2D eigenvalue weighted by atomic mass is 10.0. The number of ketones is 1. The molecule has 0 aliphatic carbocycles. The Hall–Kier alpha value is -1.84. The Labute approximate surface area is 107 Å². The zero-order valence-electron chi connectivity index (χ0n) is 10.8. The van der Waals surface area contributed by atoms with Gasteiger partial charge in [0.1, 0.15) is 11.6 Å². The standard InChI is InChI=1S/C14H18N2O2/c1-3-10-8-11(4-5-13(10)18-2)12(17)9-14-15-6-7-16-14/h4-5,8H,3,6-7,9H2,1-2H3,(H,15,16). The molecule has 4 nitrogen and oxygen atoms in total. The smallest absolute Gasteiger partial charge is 0.170 e. The third-order valence-corrected chi connectivity index (χ3v) is 3.05. The molecular weight excluding hydrogens is 228 g/mol. The van der Waals surface area contributed by atoms with E-state index in [0.29, 0.717) is 6.42 Å². The van der Waals surface area contributed by atoms with E-state index in [-0.39, 0.29) is 5.78 Å². The average Bonchev–Trinajstić information content (AvgIpc) is 2.90. The quantitative estimate of drug-likeness (QED) is 0.806. The van der Waals surface area contributed by atoms with Crippen LogP contribution in [0.25, 0.3) is 0 Å². The first kappa shape index (κ1) is 12.6. The van der Waals surface area contributed by atoms with Crippen molar-refractivity contribution < 1.29 is 9.53 Å². The summed E-state index contributed by atoms with van der Waals surface area (Å²) < 4.78 is 5.26. The average molecular weight is 246 g/mol. The molecule has 1 heterocycles. The highest BCUT2D eigenvalue weighted by atomic mass is 16.5. The van der Waals surface area contributed by atoms with E-state index in [1.165, 1.54) is 0 Å². The Kier molecular flexibility index (Phi) is 3.97. The van der Waals surface area contributed by atoms with Crippen molar-refractivity contribution in [1.29, 1.82) is 0 Å². The van der Waals surface area contributed by atoms with Crippen molar-refractivity contribution in [2.24, 2.45) is 4.99 Å². The lowest BCUT2D eigenvalue weighted by Gasteiger charge is -2.09. The van der Waals surface area contributed by atoms with E-state index >= 15 is 0 Å². The summed E-state index contributed by atoms with van der Waals surface area (Å²) in [4.78, 5) is 16.3. The normalized spacial score (nSPS) is 14.0. The van der Waals surface area contributed by atoms with Gasteiger partial charge in [-0.05, 0) is 30.2 Å². The second kappa shape index (κ2) is 5.67. The number of nitrogens with one attached hydrogen (secondary N) is 1. The number of aryl methyl sites for hydroxylation is 1. The lowest BCUT2D eigenvalue weighted by Crippen LogP contribution is -2.21. The molecule has 0 aromatic heterocycles. The van der Waals surface area contributed by atoms with Crippen LogP contribution in [-0.4, -0.2) is 31.8 Å². The fraction of sp³-hybridized carbons (Fsp3) is 0.429. The van der Waals surface area contributed by atoms with Crippen molar-refractivity contribution in [2.75, 3.05) is 20.2 Å². The van der Waals surface area contributed by atoms with Crippen LogP contribution in [-0.2, 0) is 6.42 Å². The molecule has 0 saturated heterocycles. The molecule has 0 spiro atoms. The summed E-state index contributed by atoms with van der Waals surface area (Å²) in [6.07, 6.45) is 1.21. The van der Waals surface area contributed by atoms with Crippen LogP contribution >= 0.6 is 0 Å². The molecule has 0 bridgehead atoms. The first-order valence-corrected chi connectivity index (χ1v) is 6.22. The molecule has 0 unspecified atom stereocenters. The lowest BCUT2D eigenvalue weighted by molar-refractivity contribution is 0.1000. The Morgan fingerprint density at radius 2 is 2.33 bits per heavy atom. The molecule has 0 amide bonds. The molecule has 2 rings (SSSR count). The van der Waals surface area contributed by atoms with Gasteiger partial charge in [-0.15, -0.1) is 0 Å². The molecule has 0 fully saturated rings. The van der Waals surface area contributed by atoms with Gasteiger partial charge in [0.25, 0.3) is 0 Å². The summed E-state index contributed by atoms with van der Waals surface area (Å²) in [7, 11) is 1.65. The fourth-order valence-electron chi connectivity index (χ4n) is 2.05. The summed E-state index contributed by atoms with van der Waals surface area (Å²) in [5, 5.41) is 3.11. The maximum Gasteiger partial charge on any atom is 0.170 e. The first-order chi connectivity index (χ1) is 8.74. The number of benzene rings is 1. The van der Waals surface area contributed by atoms with Crippen molar-refractivity contribution in [3.8, 4) is 5.75 Å². The topological polar surface area (TPSA) is 50.7 Å². The van der Waals surface area contributed by atoms with Crippen LogP contribution < -0.4 is 10.1 Å². The molecule has 1 aromatic carbocycles. The van der Waals surface area contributed by atoms with Gasteiger partial charge in [0.15, 0.2) is 5.78 Å².